The first-order chi connectivity index (χ1) is 12.1. The Bertz CT molecular complexity index is 777. The Labute approximate surface area is 155 Å². The van der Waals surface area contributed by atoms with Crippen molar-refractivity contribution < 1.29 is 9.59 Å². The summed E-state index contributed by atoms with van der Waals surface area (Å²) in [6.45, 7) is 2.08. The molecule has 1 aromatic carbocycles. The van der Waals surface area contributed by atoms with Gasteiger partial charge in [0.1, 0.15) is 10.8 Å². The van der Waals surface area contributed by atoms with Gasteiger partial charge in [-0.3, -0.25) is 9.59 Å². The van der Waals surface area contributed by atoms with E-state index in [1.54, 1.807) is 6.20 Å². The molecule has 7 heteroatoms. The quantitative estimate of drug-likeness (QED) is 0.760. The summed E-state index contributed by atoms with van der Waals surface area (Å²) in [5, 5.41) is 6.94. The molecule has 2 aromatic rings. The average Bonchev–Trinajstić information content (AvgIpc) is 3.21. The van der Waals surface area contributed by atoms with E-state index in [0.29, 0.717) is 11.3 Å². The van der Waals surface area contributed by atoms with E-state index in [1.807, 2.05) is 24.3 Å². The van der Waals surface area contributed by atoms with Crippen LogP contribution in [-0.4, -0.2) is 28.7 Å². The van der Waals surface area contributed by atoms with Crippen molar-refractivity contribution in [2.45, 2.75) is 38.3 Å². The van der Waals surface area contributed by atoms with Crippen molar-refractivity contribution in [3.8, 4) is 0 Å². The maximum absolute atomic E-state index is 12.6. The van der Waals surface area contributed by atoms with Gasteiger partial charge in [-0.05, 0) is 30.4 Å². The van der Waals surface area contributed by atoms with Gasteiger partial charge in [0.2, 0.25) is 5.91 Å². The highest BCUT2D eigenvalue weighted by molar-refractivity contribution is 7.13. The van der Waals surface area contributed by atoms with Crippen LogP contribution in [0.25, 0.3) is 0 Å². The fourth-order valence-electron chi connectivity index (χ4n) is 3.10. The monoisotopic (exact) mass is 377 g/mol. The fraction of sp³-hybridized carbons (Fsp3) is 0.389. The van der Waals surface area contributed by atoms with E-state index in [-0.39, 0.29) is 29.8 Å². The topological polar surface area (TPSA) is 71.1 Å². The van der Waals surface area contributed by atoms with Crippen molar-refractivity contribution in [1.82, 2.24) is 15.6 Å². The molecule has 0 saturated carbocycles. The van der Waals surface area contributed by atoms with Gasteiger partial charge in [0.25, 0.3) is 5.91 Å². The molecule has 3 rings (SSSR count). The van der Waals surface area contributed by atoms with Crippen molar-refractivity contribution >= 4 is 34.8 Å². The number of fused-ring (bicyclic) bond motifs is 1. The Kier molecular flexibility index (Phi) is 5.71. The summed E-state index contributed by atoms with van der Waals surface area (Å²) in [6, 6.07) is 7.43. The standard InChI is InChI=1S/C18H20ClN3O2S/c1-2-5-16-20-10-14(25-16)18(24)21-13-8-11-6-3-4-7-12(11)17(13)22-15(23)9-19/h3-4,6-7,10,13,17H,2,5,8-9H2,1H3,(H,21,24)(H,22,23)/t13-,17-/m1/s1. The van der Waals surface area contributed by atoms with Crippen molar-refractivity contribution in [3.63, 3.8) is 0 Å². The molecule has 1 heterocycles. The molecule has 0 radical (unpaired) electrons. The summed E-state index contributed by atoms with van der Waals surface area (Å²) in [7, 11) is 0. The van der Waals surface area contributed by atoms with Gasteiger partial charge in [0.15, 0.2) is 0 Å². The number of aromatic nitrogens is 1. The normalized spacial score (nSPS) is 18.6. The number of carbonyl (C=O) groups excluding carboxylic acids is 2. The van der Waals surface area contributed by atoms with E-state index >= 15 is 0 Å². The highest BCUT2D eigenvalue weighted by atomic mass is 35.5. The molecule has 0 unspecified atom stereocenters. The minimum Gasteiger partial charge on any atom is -0.346 e. The lowest BCUT2D eigenvalue weighted by Gasteiger charge is -2.22. The number of halogens is 1. The third kappa shape index (κ3) is 4.02. The second-order valence-electron chi connectivity index (χ2n) is 6.03. The number of thiazole rings is 1. The van der Waals surface area contributed by atoms with Crippen LogP contribution in [0.15, 0.2) is 30.5 Å². The van der Waals surface area contributed by atoms with Gasteiger partial charge in [-0.1, -0.05) is 31.2 Å². The van der Waals surface area contributed by atoms with Gasteiger partial charge in [-0.2, -0.15) is 0 Å². The first-order valence-electron chi connectivity index (χ1n) is 8.31. The fourth-order valence-corrected chi connectivity index (χ4v) is 4.10. The lowest BCUT2D eigenvalue weighted by molar-refractivity contribution is -0.119. The molecule has 0 bridgehead atoms. The van der Waals surface area contributed by atoms with Crippen LogP contribution in [0, 0.1) is 0 Å². The molecule has 2 N–H and O–H groups in total. The van der Waals surface area contributed by atoms with Crippen LogP contribution in [-0.2, 0) is 17.6 Å². The SMILES string of the molecule is CCCc1ncc(C(=O)N[C@@H]2Cc3ccccc3[C@H]2NC(=O)CCl)s1. The van der Waals surface area contributed by atoms with Crippen LogP contribution in [0.1, 0.15) is 45.2 Å². The zero-order chi connectivity index (χ0) is 17.8. The van der Waals surface area contributed by atoms with Crippen LogP contribution < -0.4 is 10.6 Å². The number of hydrogen-bond acceptors (Lipinski definition) is 4. The Morgan fingerprint density at radius 2 is 2.12 bits per heavy atom. The molecule has 0 saturated heterocycles. The third-order valence-electron chi connectivity index (χ3n) is 4.23. The minimum absolute atomic E-state index is 0.103. The summed E-state index contributed by atoms with van der Waals surface area (Å²) >= 11 is 7.05. The molecule has 0 aliphatic heterocycles. The zero-order valence-corrected chi connectivity index (χ0v) is 15.5. The molecule has 1 aliphatic rings. The van der Waals surface area contributed by atoms with Crippen LogP contribution >= 0.6 is 22.9 Å². The maximum Gasteiger partial charge on any atom is 0.263 e. The van der Waals surface area contributed by atoms with Gasteiger partial charge < -0.3 is 10.6 Å². The molecule has 1 aromatic heterocycles. The Hall–Kier alpha value is -1.92. The van der Waals surface area contributed by atoms with E-state index < -0.39 is 0 Å². The number of alkyl halides is 1. The zero-order valence-electron chi connectivity index (χ0n) is 13.9. The molecule has 25 heavy (non-hydrogen) atoms. The van der Waals surface area contributed by atoms with Gasteiger partial charge in [-0.15, -0.1) is 22.9 Å². The van der Waals surface area contributed by atoms with E-state index in [1.165, 1.54) is 11.3 Å². The molecule has 2 atom stereocenters. The highest BCUT2D eigenvalue weighted by Crippen LogP contribution is 2.31. The first kappa shape index (κ1) is 17.9. The Morgan fingerprint density at radius 1 is 1.32 bits per heavy atom. The summed E-state index contributed by atoms with van der Waals surface area (Å²) < 4.78 is 0. The van der Waals surface area contributed by atoms with Gasteiger partial charge in [-0.25, -0.2) is 4.98 Å². The Balaban J connectivity index is 1.75. The number of hydrogen-bond donors (Lipinski definition) is 2. The number of nitrogens with zero attached hydrogens (tertiary/aromatic N) is 1. The minimum atomic E-state index is -0.269. The number of benzene rings is 1. The van der Waals surface area contributed by atoms with Crippen molar-refractivity contribution in [1.29, 1.82) is 0 Å². The smallest absolute Gasteiger partial charge is 0.263 e. The van der Waals surface area contributed by atoms with Crippen LogP contribution in [0.4, 0.5) is 0 Å². The predicted molar refractivity (Wildman–Crippen MR) is 99.1 cm³/mol. The molecular weight excluding hydrogens is 358 g/mol. The summed E-state index contributed by atoms with van der Waals surface area (Å²) in [5.74, 6) is -0.498. The number of rotatable bonds is 6. The predicted octanol–water partition coefficient (Wildman–Crippen LogP) is 2.85. The summed E-state index contributed by atoms with van der Waals surface area (Å²) in [4.78, 5) is 29.3. The van der Waals surface area contributed by atoms with Gasteiger partial charge in [0, 0.05) is 0 Å². The second-order valence-corrected chi connectivity index (χ2v) is 7.41. The average molecular weight is 378 g/mol. The molecular formula is C18H20ClN3O2S. The number of aryl methyl sites for hydroxylation is 1. The van der Waals surface area contributed by atoms with Crippen molar-refractivity contribution in [3.05, 3.63) is 51.5 Å². The van der Waals surface area contributed by atoms with E-state index in [4.69, 9.17) is 11.6 Å². The van der Waals surface area contributed by atoms with Crippen LogP contribution in [0.3, 0.4) is 0 Å². The van der Waals surface area contributed by atoms with E-state index in [9.17, 15) is 9.59 Å². The number of carbonyl (C=O) groups is 2. The highest BCUT2D eigenvalue weighted by Gasteiger charge is 2.34. The maximum atomic E-state index is 12.6. The molecule has 1 aliphatic carbocycles. The number of amides is 2. The van der Waals surface area contributed by atoms with Gasteiger partial charge >= 0.3 is 0 Å². The largest absolute Gasteiger partial charge is 0.346 e. The van der Waals surface area contributed by atoms with E-state index in [0.717, 1.165) is 29.0 Å². The molecule has 2 amide bonds. The second kappa shape index (κ2) is 7.97. The van der Waals surface area contributed by atoms with Crippen LogP contribution in [0.2, 0.25) is 0 Å². The lowest BCUT2D eigenvalue weighted by atomic mass is 10.1. The molecule has 132 valence electrons. The summed E-state index contributed by atoms with van der Waals surface area (Å²) in [5.41, 5.74) is 2.16. The molecule has 5 nitrogen and oxygen atoms in total. The molecule has 0 spiro atoms. The third-order valence-corrected chi connectivity index (χ3v) is 5.53. The van der Waals surface area contributed by atoms with Crippen LogP contribution in [0.5, 0.6) is 0 Å². The van der Waals surface area contributed by atoms with Gasteiger partial charge in [0.05, 0.1) is 23.3 Å². The summed E-state index contributed by atoms with van der Waals surface area (Å²) in [6.07, 6.45) is 4.18. The lowest BCUT2D eigenvalue weighted by Crippen LogP contribution is -2.44. The van der Waals surface area contributed by atoms with Crippen molar-refractivity contribution in [2.24, 2.45) is 0 Å². The van der Waals surface area contributed by atoms with Crippen molar-refractivity contribution in [2.75, 3.05) is 5.88 Å². The number of nitrogens with one attached hydrogen (secondary N) is 2. The van der Waals surface area contributed by atoms with E-state index in [2.05, 4.69) is 22.5 Å². The molecule has 0 fully saturated rings. The first-order valence-corrected chi connectivity index (χ1v) is 9.66. The Morgan fingerprint density at radius 3 is 2.88 bits per heavy atom.